The highest BCUT2D eigenvalue weighted by atomic mass is 16.7. The highest BCUT2D eigenvalue weighted by molar-refractivity contribution is 5.79. The normalized spacial score (nSPS) is 18.4. The lowest BCUT2D eigenvalue weighted by molar-refractivity contribution is -0.141. The summed E-state index contributed by atoms with van der Waals surface area (Å²) in [5, 5.41) is 0. The molecule has 0 N–H and O–H groups in total. The van der Waals surface area contributed by atoms with E-state index in [0.29, 0.717) is 13.2 Å². The number of benzene rings is 3. The van der Waals surface area contributed by atoms with Crippen LogP contribution in [0.15, 0.2) is 78.9 Å². The average molecular weight is 516 g/mol. The SMILES string of the molecule is CC1(C)OC[C@H](CN(C(=O)OCC2c3ccccc3-c3ccccc32)[C@H](C=O)COCc2ccccc2)O1. The fraction of sp³-hybridized carbons (Fsp3) is 0.355. The molecule has 1 aliphatic heterocycles. The van der Waals surface area contributed by atoms with Crippen molar-refractivity contribution in [1.29, 1.82) is 0 Å². The molecule has 0 unspecified atom stereocenters. The van der Waals surface area contributed by atoms with E-state index in [0.717, 1.165) is 34.1 Å². The molecule has 1 saturated heterocycles. The van der Waals surface area contributed by atoms with Crippen LogP contribution in [0.25, 0.3) is 11.1 Å². The van der Waals surface area contributed by atoms with Gasteiger partial charge in [0.25, 0.3) is 0 Å². The average Bonchev–Trinajstić information content (AvgIpc) is 3.45. The molecule has 1 aliphatic carbocycles. The third kappa shape index (κ3) is 5.80. The number of carbonyl (C=O) groups is 2. The van der Waals surface area contributed by atoms with Crippen LogP contribution in [-0.4, -0.2) is 61.6 Å². The van der Waals surface area contributed by atoms with E-state index >= 15 is 0 Å². The van der Waals surface area contributed by atoms with Crippen LogP contribution < -0.4 is 0 Å². The van der Waals surface area contributed by atoms with E-state index in [1.165, 1.54) is 4.90 Å². The van der Waals surface area contributed by atoms with E-state index in [4.69, 9.17) is 18.9 Å². The van der Waals surface area contributed by atoms with Crippen LogP contribution >= 0.6 is 0 Å². The number of aldehydes is 1. The molecule has 5 rings (SSSR count). The Morgan fingerprint density at radius 2 is 1.63 bits per heavy atom. The number of nitrogens with zero attached hydrogens (tertiary/aromatic N) is 1. The molecule has 38 heavy (non-hydrogen) atoms. The molecular formula is C31H33NO6. The monoisotopic (exact) mass is 515 g/mol. The lowest BCUT2D eigenvalue weighted by atomic mass is 9.98. The summed E-state index contributed by atoms with van der Waals surface area (Å²) in [6.45, 7) is 4.65. The quantitative estimate of drug-likeness (QED) is 0.347. The van der Waals surface area contributed by atoms with Crippen molar-refractivity contribution in [2.75, 3.05) is 26.4 Å². The molecule has 1 fully saturated rings. The second-order valence-corrected chi connectivity index (χ2v) is 10.1. The van der Waals surface area contributed by atoms with Crippen molar-refractivity contribution in [3.05, 3.63) is 95.6 Å². The fourth-order valence-electron chi connectivity index (χ4n) is 5.17. The topological polar surface area (TPSA) is 74.3 Å². The molecule has 7 nitrogen and oxygen atoms in total. The van der Waals surface area contributed by atoms with Crippen molar-refractivity contribution in [1.82, 2.24) is 4.90 Å². The molecule has 7 heteroatoms. The lowest BCUT2D eigenvalue weighted by Crippen LogP contribution is -2.48. The van der Waals surface area contributed by atoms with Gasteiger partial charge in [-0.15, -0.1) is 0 Å². The smallest absolute Gasteiger partial charge is 0.410 e. The number of hydrogen-bond donors (Lipinski definition) is 0. The Morgan fingerprint density at radius 3 is 2.24 bits per heavy atom. The first-order chi connectivity index (χ1) is 18.4. The first-order valence-corrected chi connectivity index (χ1v) is 13.0. The van der Waals surface area contributed by atoms with Gasteiger partial charge in [0.15, 0.2) is 5.79 Å². The summed E-state index contributed by atoms with van der Waals surface area (Å²) >= 11 is 0. The molecule has 0 aromatic heterocycles. The molecule has 3 aromatic carbocycles. The van der Waals surface area contributed by atoms with Crippen LogP contribution in [0.3, 0.4) is 0 Å². The van der Waals surface area contributed by atoms with Gasteiger partial charge in [-0.1, -0.05) is 78.9 Å². The van der Waals surface area contributed by atoms with Gasteiger partial charge in [-0.3, -0.25) is 4.90 Å². The largest absolute Gasteiger partial charge is 0.448 e. The van der Waals surface area contributed by atoms with Crippen molar-refractivity contribution in [2.24, 2.45) is 0 Å². The highest BCUT2D eigenvalue weighted by Gasteiger charge is 2.37. The van der Waals surface area contributed by atoms with Crippen molar-refractivity contribution >= 4 is 12.4 Å². The Bertz CT molecular complexity index is 1210. The molecule has 198 valence electrons. The predicted octanol–water partition coefficient (Wildman–Crippen LogP) is 5.17. The van der Waals surface area contributed by atoms with Crippen LogP contribution in [0.4, 0.5) is 4.79 Å². The van der Waals surface area contributed by atoms with Gasteiger partial charge in [-0.2, -0.15) is 0 Å². The van der Waals surface area contributed by atoms with Crippen LogP contribution in [0.5, 0.6) is 0 Å². The first kappa shape index (κ1) is 26.1. The number of ether oxygens (including phenoxy) is 4. The van der Waals surface area contributed by atoms with Gasteiger partial charge >= 0.3 is 6.09 Å². The number of carbonyl (C=O) groups excluding carboxylic acids is 2. The van der Waals surface area contributed by atoms with E-state index < -0.39 is 17.9 Å². The Kier molecular flexibility index (Phi) is 7.88. The summed E-state index contributed by atoms with van der Waals surface area (Å²) in [6.07, 6.45) is -0.240. The molecule has 2 atom stereocenters. The summed E-state index contributed by atoms with van der Waals surface area (Å²) in [5.41, 5.74) is 5.54. The van der Waals surface area contributed by atoms with Gasteiger partial charge in [0, 0.05) is 5.92 Å². The van der Waals surface area contributed by atoms with E-state index in [-0.39, 0.29) is 31.8 Å². The van der Waals surface area contributed by atoms with E-state index in [9.17, 15) is 9.59 Å². The zero-order valence-corrected chi connectivity index (χ0v) is 21.7. The Balaban J connectivity index is 1.29. The molecule has 3 aromatic rings. The predicted molar refractivity (Wildman–Crippen MR) is 143 cm³/mol. The van der Waals surface area contributed by atoms with Crippen molar-refractivity contribution < 1.29 is 28.5 Å². The maximum absolute atomic E-state index is 13.5. The van der Waals surface area contributed by atoms with Crippen molar-refractivity contribution in [2.45, 2.75) is 44.3 Å². The minimum Gasteiger partial charge on any atom is -0.448 e. The zero-order chi connectivity index (χ0) is 26.5. The van der Waals surface area contributed by atoms with E-state index in [2.05, 4.69) is 24.3 Å². The summed E-state index contributed by atoms with van der Waals surface area (Å²) in [4.78, 5) is 27.1. The van der Waals surface area contributed by atoms with Gasteiger partial charge in [0.05, 0.1) is 26.4 Å². The van der Waals surface area contributed by atoms with Crippen LogP contribution in [0.1, 0.15) is 36.5 Å². The third-order valence-corrected chi connectivity index (χ3v) is 7.00. The highest BCUT2D eigenvalue weighted by Crippen LogP contribution is 2.44. The first-order valence-electron chi connectivity index (χ1n) is 13.0. The molecule has 1 heterocycles. The Labute approximate surface area is 223 Å². The second-order valence-electron chi connectivity index (χ2n) is 10.1. The molecule has 0 saturated carbocycles. The Hall–Kier alpha value is -3.52. The van der Waals surface area contributed by atoms with Gasteiger partial charge in [-0.05, 0) is 41.7 Å². The number of amides is 1. The second kappa shape index (κ2) is 11.5. The summed E-state index contributed by atoms with van der Waals surface area (Å²) < 4.78 is 23.3. The minimum absolute atomic E-state index is 0.0412. The van der Waals surface area contributed by atoms with E-state index in [1.54, 1.807) is 0 Å². The fourth-order valence-corrected chi connectivity index (χ4v) is 5.17. The van der Waals surface area contributed by atoms with Crippen LogP contribution in [0, 0.1) is 0 Å². The number of rotatable bonds is 10. The molecule has 1 amide bonds. The summed E-state index contributed by atoms with van der Waals surface area (Å²) in [7, 11) is 0. The Morgan fingerprint density at radius 1 is 1.00 bits per heavy atom. The van der Waals surface area contributed by atoms with Gasteiger partial charge in [-0.25, -0.2) is 4.79 Å². The molecule has 0 spiro atoms. The third-order valence-electron chi connectivity index (χ3n) is 7.00. The molecule has 2 aliphatic rings. The molecule has 0 bridgehead atoms. The maximum Gasteiger partial charge on any atom is 0.410 e. The summed E-state index contributed by atoms with van der Waals surface area (Å²) in [6, 6.07) is 25.2. The van der Waals surface area contributed by atoms with Crippen LogP contribution in [0.2, 0.25) is 0 Å². The number of fused-ring (bicyclic) bond motifs is 3. The van der Waals surface area contributed by atoms with Gasteiger partial charge in [0.1, 0.15) is 25.0 Å². The summed E-state index contributed by atoms with van der Waals surface area (Å²) in [5.74, 6) is -0.833. The maximum atomic E-state index is 13.5. The van der Waals surface area contributed by atoms with E-state index in [1.807, 2.05) is 68.4 Å². The number of hydrogen-bond acceptors (Lipinski definition) is 6. The standard InChI is InChI=1S/C31H33NO6/c1-31(2)37-20-24(38-31)16-32(23(17-33)19-35-18-22-10-4-3-5-11-22)30(34)36-21-29-27-14-8-6-12-25(27)26-13-7-9-15-28(26)29/h3-15,17,23-24,29H,16,18-21H2,1-2H3/t23-,24+/m1/s1. The van der Waals surface area contributed by atoms with Gasteiger partial charge < -0.3 is 23.7 Å². The lowest BCUT2D eigenvalue weighted by Gasteiger charge is -2.30. The molecule has 0 radical (unpaired) electrons. The zero-order valence-electron chi connectivity index (χ0n) is 21.7. The minimum atomic E-state index is -0.832. The molecular weight excluding hydrogens is 482 g/mol. The van der Waals surface area contributed by atoms with Crippen molar-refractivity contribution in [3.8, 4) is 11.1 Å². The van der Waals surface area contributed by atoms with Crippen LogP contribution in [-0.2, 0) is 30.3 Å². The van der Waals surface area contributed by atoms with Crippen molar-refractivity contribution in [3.63, 3.8) is 0 Å². The van der Waals surface area contributed by atoms with Gasteiger partial charge in [0.2, 0.25) is 0 Å².